The molecule has 1 aliphatic rings. The van der Waals surface area contributed by atoms with Gasteiger partial charge in [-0.15, -0.1) is 0 Å². The van der Waals surface area contributed by atoms with E-state index in [9.17, 15) is 0 Å². The highest BCUT2D eigenvalue weighted by molar-refractivity contribution is 5.80. The minimum atomic E-state index is 0.789. The van der Waals surface area contributed by atoms with Gasteiger partial charge in [0.25, 0.3) is 0 Å². The summed E-state index contributed by atoms with van der Waals surface area (Å²) >= 11 is 0. The van der Waals surface area contributed by atoms with E-state index < -0.39 is 0 Å². The van der Waals surface area contributed by atoms with Crippen molar-refractivity contribution in [1.29, 1.82) is 0 Å². The van der Waals surface area contributed by atoms with Crippen LogP contribution in [0.3, 0.4) is 0 Å². The maximum atomic E-state index is 5.42. The molecule has 2 aromatic carbocycles. The smallest absolute Gasteiger partial charge is 0.132 e. The quantitative estimate of drug-likeness (QED) is 0.475. The van der Waals surface area contributed by atoms with Gasteiger partial charge in [0.15, 0.2) is 0 Å². The Morgan fingerprint density at radius 1 is 0.828 bits per heavy atom. The molecule has 0 unspecified atom stereocenters. The fraction of sp³-hybridized carbons (Fsp3) is 0.182. The highest BCUT2D eigenvalue weighted by Gasteiger charge is 2.10. The maximum absolute atomic E-state index is 5.42. The van der Waals surface area contributed by atoms with Gasteiger partial charge in [-0.05, 0) is 48.5 Å². The number of imidazole rings is 1. The molecular weight excluding hydrogens is 364 g/mol. The average molecular weight is 386 g/mol. The number of pyridine rings is 1. The Kier molecular flexibility index (Phi) is 4.72. The predicted octanol–water partition coefficient (Wildman–Crippen LogP) is 4.28. The number of ether oxygens (including phenoxy) is 1. The monoisotopic (exact) mass is 386 g/mol. The molecule has 5 rings (SSSR count). The molecule has 7 nitrogen and oxygen atoms in total. The Balaban J connectivity index is 1.28. The van der Waals surface area contributed by atoms with Gasteiger partial charge >= 0.3 is 0 Å². The second-order valence-corrected chi connectivity index (χ2v) is 6.96. The fourth-order valence-electron chi connectivity index (χ4n) is 3.48. The van der Waals surface area contributed by atoms with E-state index in [2.05, 4.69) is 54.8 Å². The minimum absolute atomic E-state index is 0.789. The van der Waals surface area contributed by atoms with Crippen molar-refractivity contribution in [1.82, 2.24) is 15.0 Å². The average Bonchev–Trinajstić information content (AvgIpc) is 3.23. The van der Waals surface area contributed by atoms with Crippen molar-refractivity contribution in [3.05, 3.63) is 67.1 Å². The van der Waals surface area contributed by atoms with Gasteiger partial charge < -0.3 is 25.3 Å². The van der Waals surface area contributed by atoms with Crippen molar-refractivity contribution in [2.24, 2.45) is 0 Å². The summed E-state index contributed by atoms with van der Waals surface area (Å²) in [6, 6.07) is 18.4. The van der Waals surface area contributed by atoms with Gasteiger partial charge in [-0.1, -0.05) is 0 Å². The van der Waals surface area contributed by atoms with E-state index in [0.717, 1.165) is 60.2 Å². The summed E-state index contributed by atoms with van der Waals surface area (Å²) in [6.45, 7) is 3.45. The lowest BCUT2D eigenvalue weighted by atomic mass is 10.2. The van der Waals surface area contributed by atoms with Crippen LogP contribution in [0, 0.1) is 0 Å². The minimum Gasteiger partial charge on any atom is -0.378 e. The van der Waals surface area contributed by atoms with Crippen LogP contribution in [0.1, 0.15) is 0 Å². The molecule has 0 spiro atoms. The molecule has 0 saturated carbocycles. The fourth-order valence-corrected chi connectivity index (χ4v) is 3.48. The topological polar surface area (TPSA) is 78.1 Å². The Morgan fingerprint density at radius 2 is 1.62 bits per heavy atom. The van der Waals surface area contributed by atoms with Gasteiger partial charge in [0.05, 0.1) is 30.6 Å². The van der Waals surface area contributed by atoms with E-state index in [1.807, 2.05) is 30.3 Å². The number of fused-ring (bicyclic) bond motifs is 1. The Labute approximate surface area is 168 Å². The predicted molar refractivity (Wildman–Crippen MR) is 116 cm³/mol. The number of rotatable bonds is 5. The largest absolute Gasteiger partial charge is 0.378 e. The highest BCUT2D eigenvalue weighted by atomic mass is 16.5. The molecular formula is C22H22N6O. The Bertz CT molecular complexity index is 1100. The first kappa shape index (κ1) is 17.5. The first-order chi connectivity index (χ1) is 14.3. The zero-order valence-corrected chi connectivity index (χ0v) is 15.9. The van der Waals surface area contributed by atoms with Gasteiger partial charge in [0.1, 0.15) is 5.82 Å². The summed E-state index contributed by atoms with van der Waals surface area (Å²) in [7, 11) is 0. The molecule has 1 saturated heterocycles. The maximum Gasteiger partial charge on any atom is 0.132 e. The van der Waals surface area contributed by atoms with Crippen molar-refractivity contribution in [3.8, 4) is 0 Å². The van der Waals surface area contributed by atoms with E-state index in [4.69, 9.17) is 4.74 Å². The molecule has 29 heavy (non-hydrogen) atoms. The van der Waals surface area contributed by atoms with Crippen molar-refractivity contribution in [3.63, 3.8) is 0 Å². The first-order valence-electron chi connectivity index (χ1n) is 9.69. The van der Waals surface area contributed by atoms with Gasteiger partial charge in [-0.2, -0.15) is 0 Å². The van der Waals surface area contributed by atoms with Gasteiger partial charge in [-0.25, -0.2) is 9.97 Å². The van der Waals surface area contributed by atoms with E-state index in [0.29, 0.717) is 0 Å². The van der Waals surface area contributed by atoms with Crippen LogP contribution in [0.5, 0.6) is 0 Å². The van der Waals surface area contributed by atoms with Crippen LogP contribution < -0.4 is 15.5 Å². The van der Waals surface area contributed by atoms with Crippen molar-refractivity contribution in [2.45, 2.75) is 0 Å². The number of nitrogens with zero attached hydrogens (tertiary/aromatic N) is 3. The number of anilines is 5. The summed E-state index contributed by atoms with van der Waals surface area (Å²) in [6.07, 6.45) is 3.49. The molecule has 0 atom stereocenters. The number of nitrogens with one attached hydrogen (secondary N) is 3. The van der Waals surface area contributed by atoms with E-state index in [-0.39, 0.29) is 0 Å². The molecule has 0 radical (unpaired) electrons. The molecule has 4 aromatic rings. The van der Waals surface area contributed by atoms with Crippen molar-refractivity contribution in [2.75, 3.05) is 41.8 Å². The highest BCUT2D eigenvalue weighted by Crippen LogP contribution is 2.24. The number of benzene rings is 2. The third-order valence-corrected chi connectivity index (χ3v) is 4.98. The van der Waals surface area contributed by atoms with Crippen LogP contribution in [0.15, 0.2) is 67.1 Å². The first-order valence-corrected chi connectivity index (χ1v) is 9.69. The standard InChI is InChI=1S/C22H22N6O/c1-4-19(28-9-11-29-12-10-28)5-2-16(1)27-22-14-18(7-8-23-22)26-17-3-6-20-21(13-17)25-15-24-20/h1-8,13-15H,9-12H2,(H,24,25)(H2,23,26,27). The summed E-state index contributed by atoms with van der Waals surface area (Å²) < 4.78 is 5.42. The second kappa shape index (κ2) is 7.81. The van der Waals surface area contributed by atoms with Crippen LogP contribution in [-0.2, 0) is 4.74 Å². The molecule has 0 bridgehead atoms. The summed E-state index contributed by atoms with van der Waals surface area (Å²) in [5.74, 6) is 0.789. The molecule has 0 amide bonds. The zero-order chi connectivity index (χ0) is 19.5. The molecule has 3 N–H and O–H groups in total. The van der Waals surface area contributed by atoms with Crippen LogP contribution in [-0.4, -0.2) is 41.3 Å². The molecule has 1 fully saturated rings. The van der Waals surface area contributed by atoms with Gasteiger partial charge in [0, 0.05) is 48.1 Å². The number of hydrogen-bond acceptors (Lipinski definition) is 6. The van der Waals surface area contributed by atoms with Crippen LogP contribution in [0.2, 0.25) is 0 Å². The van der Waals surface area contributed by atoms with Gasteiger partial charge in [-0.3, -0.25) is 0 Å². The normalized spacial score (nSPS) is 14.1. The second-order valence-electron chi connectivity index (χ2n) is 6.96. The number of aromatic amines is 1. The van der Waals surface area contributed by atoms with Gasteiger partial charge in [0.2, 0.25) is 0 Å². The van der Waals surface area contributed by atoms with E-state index >= 15 is 0 Å². The van der Waals surface area contributed by atoms with Crippen LogP contribution in [0.25, 0.3) is 11.0 Å². The third kappa shape index (κ3) is 4.00. The summed E-state index contributed by atoms with van der Waals surface area (Å²) in [5, 5.41) is 6.79. The van der Waals surface area contributed by atoms with E-state index in [1.165, 1.54) is 5.69 Å². The molecule has 0 aliphatic carbocycles. The molecule has 2 aromatic heterocycles. The van der Waals surface area contributed by atoms with E-state index in [1.54, 1.807) is 12.5 Å². The molecule has 1 aliphatic heterocycles. The van der Waals surface area contributed by atoms with Crippen LogP contribution in [0.4, 0.5) is 28.6 Å². The molecule has 146 valence electrons. The van der Waals surface area contributed by atoms with Crippen molar-refractivity contribution >= 4 is 39.6 Å². The Hall–Kier alpha value is -3.58. The summed E-state index contributed by atoms with van der Waals surface area (Å²) in [5.41, 5.74) is 6.14. The number of H-pyrrole nitrogens is 1. The lowest BCUT2D eigenvalue weighted by molar-refractivity contribution is 0.122. The zero-order valence-electron chi connectivity index (χ0n) is 15.9. The Morgan fingerprint density at radius 3 is 2.48 bits per heavy atom. The van der Waals surface area contributed by atoms with Crippen LogP contribution >= 0.6 is 0 Å². The lowest BCUT2D eigenvalue weighted by Gasteiger charge is -2.28. The number of morpholine rings is 1. The number of aromatic nitrogens is 3. The SMILES string of the molecule is c1cc(Nc2ccc3nc[nH]c3c2)cc(Nc2ccc(N3CCOCC3)cc2)n1. The van der Waals surface area contributed by atoms with Crippen molar-refractivity contribution < 1.29 is 4.74 Å². The lowest BCUT2D eigenvalue weighted by Crippen LogP contribution is -2.36. The molecule has 3 heterocycles. The summed E-state index contributed by atoms with van der Waals surface area (Å²) in [4.78, 5) is 14.2. The third-order valence-electron chi connectivity index (χ3n) is 4.98. The number of hydrogen-bond donors (Lipinski definition) is 3. The molecule has 7 heteroatoms.